The van der Waals surface area contributed by atoms with Crippen LogP contribution in [0.15, 0.2) is 18.2 Å². The molecule has 1 rings (SSSR count). The van der Waals surface area contributed by atoms with Gasteiger partial charge in [-0.3, -0.25) is 0 Å². The van der Waals surface area contributed by atoms with Gasteiger partial charge in [-0.1, -0.05) is 12.1 Å². The molecule has 0 heterocycles. The van der Waals surface area contributed by atoms with E-state index in [0.717, 1.165) is 5.56 Å². The maximum Gasteiger partial charge on any atom is 0.344 e. The Balaban J connectivity index is 2.91. The number of nitrogens with two attached hydrogens (primary N) is 1. The van der Waals surface area contributed by atoms with Gasteiger partial charge in [-0.2, -0.15) is 0 Å². The van der Waals surface area contributed by atoms with Crippen LogP contribution in [0.3, 0.4) is 0 Å². The number of benzene rings is 1. The van der Waals surface area contributed by atoms with Gasteiger partial charge < -0.3 is 15.6 Å². The highest BCUT2D eigenvalue weighted by atomic mass is 16.5. The predicted octanol–water partition coefficient (Wildman–Crippen LogP) is 1.43. The van der Waals surface area contributed by atoms with Crippen molar-refractivity contribution in [3.8, 4) is 5.75 Å². The Bertz CT molecular complexity index is 329. The zero-order valence-corrected chi connectivity index (χ0v) is 8.15. The van der Waals surface area contributed by atoms with Crippen molar-refractivity contribution in [2.75, 3.05) is 5.73 Å². The van der Waals surface area contributed by atoms with Gasteiger partial charge in [0.2, 0.25) is 0 Å². The molecule has 0 saturated heterocycles. The molecule has 0 aromatic heterocycles. The summed E-state index contributed by atoms with van der Waals surface area (Å²) in [4.78, 5) is 10.6. The van der Waals surface area contributed by atoms with Crippen LogP contribution in [0.4, 0.5) is 5.69 Å². The number of nitrogen functional groups attached to an aromatic ring is 1. The molecule has 1 unspecified atom stereocenters. The van der Waals surface area contributed by atoms with Crippen LogP contribution >= 0.6 is 0 Å². The molecule has 1 aromatic rings. The van der Waals surface area contributed by atoms with Crippen LogP contribution in [0.1, 0.15) is 12.5 Å². The lowest BCUT2D eigenvalue weighted by atomic mass is 10.2. The Morgan fingerprint density at radius 2 is 2.21 bits per heavy atom. The maximum absolute atomic E-state index is 10.6. The topological polar surface area (TPSA) is 72.5 Å². The summed E-state index contributed by atoms with van der Waals surface area (Å²) in [6.45, 7) is 3.29. The Hall–Kier alpha value is -1.71. The van der Waals surface area contributed by atoms with Crippen molar-refractivity contribution in [1.29, 1.82) is 0 Å². The van der Waals surface area contributed by atoms with E-state index in [-0.39, 0.29) is 0 Å². The number of aryl methyl sites for hydroxylation is 1. The lowest BCUT2D eigenvalue weighted by molar-refractivity contribution is -0.144. The van der Waals surface area contributed by atoms with Gasteiger partial charge in [-0.25, -0.2) is 4.79 Å². The number of hydrogen-bond donors (Lipinski definition) is 2. The molecular weight excluding hydrogens is 182 g/mol. The zero-order chi connectivity index (χ0) is 10.7. The first-order valence-corrected chi connectivity index (χ1v) is 4.27. The first kappa shape index (κ1) is 10.4. The molecule has 1 atom stereocenters. The minimum absolute atomic E-state index is 0.447. The number of rotatable bonds is 3. The van der Waals surface area contributed by atoms with E-state index in [4.69, 9.17) is 15.6 Å². The Morgan fingerprint density at radius 1 is 1.57 bits per heavy atom. The van der Waals surface area contributed by atoms with Crippen molar-refractivity contribution in [1.82, 2.24) is 0 Å². The SMILES string of the molecule is Cc1cccc(N)c1OC(C)C(=O)O. The van der Waals surface area contributed by atoms with Gasteiger partial charge in [0.05, 0.1) is 5.69 Å². The molecule has 0 amide bonds. The predicted molar refractivity (Wildman–Crippen MR) is 53.3 cm³/mol. The number of carboxylic acid groups (broad SMARTS) is 1. The second kappa shape index (κ2) is 4.00. The van der Waals surface area contributed by atoms with E-state index in [0.29, 0.717) is 11.4 Å². The normalized spacial score (nSPS) is 12.1. The molecule has 3 N–H and O–H groups in total. The van der Waals surface area contributed by atoms with E-state index < -0.39 is 12.1 Å². The first-order chi connectivity index (χ1) is 6.52. The monoisotopic (exact) mass is 195 g/mol. The number of para-hydroxylation sites is 1. The van der Waals surface area contributed by atoms with Crippen molar-refractivity contribution < 1.29 is 14.6 Å². The fraction of sp³-hybridized carbons (Fsp3) is 0.300. The van der Waals surface area contributed by atoms with Crippen LogP contribution in [-0.2, 0) is 4.79 Å². The Labute approximate surface area is 82.3 Å². The van der Waals surface area contributed by atoms with Crippen molar-refractivity contribution >= 4 is 11.7 Å². The second-order valence-corrected chi connectivity index (χ2v) is 3.09. The number of hydrogen-bond acceptors (Lipinski definition) is 3. The molecule has 0 bridgehead atoms. The Morgan fingerprint density at radius 3 is 2.71 bits per heavy atom. The standard InChI is InChI=1S/C10H13NO3/c1-6-4-3-5-8(11)9(6)14-7(2)10(12)13/h3-5,7H,11H2,1-2H3,(H,12,13). The van der Waals surface area contributed by atoms with Gasteiger partial charge in [-0.15, -0.1) is 0 Å². The van der Waals surface area contributed by atoms with E-state index in [1.807, 2.05) is 13.0 Å². The van der Waals surface area contributed by atoms with E-state index in [9.17, 15) is 4.79 Å². The first-order valence-electron chi connectivity index (χ1n) is 4.27. The highest BCUT2D eigenvalue weighted by Gasteiger charge is 2.15. The smallest absolute Gasteiger partial charge is 0.344 e. The number of carboxylic acids is 1. The molecule has 0 saturated carbocycles. The molecule has 4 nitrogen and oxygen atoms in total. The second-order valence-electron chi connectivity index (χ2n) is 3.09. The molecule has 0 aliphatic rings. The van der Waals surface area contributed by atoms with Crippen molar-refractivity contribution in [3.63, 3.8) is 0 Å². The van der Waals surface area contributed by atoms with E-state index in [2.05, 4.69) is 0 Å². The van der Waals surface area contributed by atoms with Gasteiger partial charge in [0.1, 0.15) is 5.75 Å². The third kappa shape index (κ3) is 2.16. The van der Waals surface area contributed by atoms with Gasteiger partial charge in [0.25, 0.3) is 0 Å². The van der Waals surface area contributed by atoms with Crippen molar-refractivity contribution in [2.24, 2.45) is 0 Å². The summed E-state index contributed by atoms with van der Waals surface area (Å²) in [5.41, 5.74) is 6.94. The van der Waals surface area contributed by atoms with E-state index in [1.165, 1.54) is 6.92 Å². The number of aliphatic carboxylic acids is 1. The Kier molecular flexibility index (Phi) is 2.96. The third-order valence-corrected chi connectivity index (χ3v) is 1.88. The van der Waals surface area contributed by atoms with Crippen LogP contribution in [0.25, 0.3) is 0 Å². The van der Waals surface area contributed by atoms with E-state index in [1.54, 1.807) is 12.1 Å². The molecular formula is C10H13NO3. The minimum Gasteiger partial charge on any atom is -0.479 e. The molecule has 4 heteroatoms. The molecule has 76 valence electrons. The fourth-order valence-corrected chi connectivity index (χ4v) is 1.06. The van der Waals surface area contributed by atoms with E-state index >= 15 is 0 Å². The summed E-state index contributed by atoms with van der Waals surface area (Å²) in [5, 5.41) is 8.66. The average molecular weight is 195 g/mol. The number of carbonyl (C=O) groups is 1. The lowest BCUT2D eigenvalue weighted by Gasteiger charge is -2.14. The number of anilines is 1. The zero-order valence-electron chi connectivity index (χ0n) is 8.15. The highest BCUT2D eigenvalue weighted by Crippen LogP contribution is 2.26. The quantitative estimate of drug-likeness (QED) is 0.715. The average Bonchev–Trinajstić information content (AvgIpc) is 2.11. The van der Waals surface area contributed by atoms with Gasteiger partial charge in [0.15, 0.2) is 6.10 Å². The summed E-state index contributed by atoms with van der Waals surface area (Å²) in [6, 6.07) is 5.29. The molecule has 0 aliphatic heterocycles. The van der Waals surface area contributed by atoms with Gasteiger partial charge >= 0.3 is 5.97 Å². The maximum atomic E-state index is 10.6. The number of ether oxygens (including phenoxy) is 1. The van der Waals surface area contributed by atoms with Crippen molar-refractivity contribution in [3.05, 3.63) is 23.8 Å². The van der Waals surface area contributed by atoms with Crippen LogP contribution in [0, 0.1) is 6.92 Å². The third-order valence-electron chi connectivity index (χ3n) is 1.88. The molecule has 14 heavy (non-hydrogen) atoms. The van der Waals surface area contributed by atoms with Gasteiger partial charge in [0, 0.05) is 0 Å². The van der Waals surface area contributed by atoms with Crippen LogP contribution in [0.5, 0.6) is 5.75 Å². The summed E-state index contributed by atoms with van der Waals surface area (Å²) >= 11 is 0. The van der Waals surface area contributed by atoms with Crippen LogP contribution < -0.4 is 10.5 Å². The summed E-state index contributed by atoms with van der Waals surface area (Å²) in [6.07, 6.45) is -0.890. The lowest BCUT2D eigenvalue weighted by Crippen LogP contribution is -2.23. The summed E-state index contributed by atoms with van der Waals surface area (Å²) in [7, 11) is 0. The van der Waals surface area contributed by atoms with Crippen molar-refractivity contribution in [2.45, 2.75) is 20.0 Å². The minimum atomic E-state index is -1.01. The van der Waals surface area contributed by atoms with Crippen LogP contribution in [-0.4, -0.2) is 17.2 Å². The summed E-state index contributed by atoms with van der Waals surface area (Å²) < 4.78 is 5.21. The fourth-order valence-electron chi connectivity index (χ4n) is 1.06. The summed E-state index contributed by atoms with van der Waals surface area (Å²) in [5.74, 6) is -0.560. The molecule has 0 aliphatic carbocycles. The van der Waals surface area contributed by atoms with Crippen LogP contribution in [0.2, 0.25) is 0 Å². The molecule has 0 fully saturated rings. The van der Waals surface area contributed by atoms with Gasteiger partial charge in [-0.05, 0) is 25.5 Å². The molecule has 1 aromatic carbocycles. The molecule has 0 radical (unpaired) electrons. The molecule has 0 spiro atoms. The highest BCUT2D eigenvalue weighted by molar-refractivity contribution is 5.72. The largest absolute Gasteiger partial charge is 0.479 e.